The summed E-state index contributed by atoms with van der Waals surface area (Å²) in [4.78, 5) is -0.0689. The van der Waals surface area contributed by atoms with Crippen molar-refractivity contribution in [2.45, 2.75) is 18.9 Å². The zero-order valence-corrected chi connectivity index (χ0v) is 13.9. The van der Waals surface area contributed by atoms with Gasteiger partial charge in [-0.1, -0.05) is 36.8 Å². The molecule has 0 heterocycles. The van der Waals surface area contributed by atoms with Gasteiger partial charge in [0.1, 0.15) is 0 Å². The molecule has 0 aliphatic carbocycles. The molecule has 2 N–H and O–H groups in total. The number of nitrogens with two attached hydrogens (primary N) is 1. The number of hydrogen-bond acceptors (Lipinski definition) is 3. The van der Waals surface area contributed by atoms with Crippen LogP contribution >= 0.6 is 23.8 Å². The van der Waals surface area contributed by atoms with Gasteiger partial charge in [-0.3, -0.25) is 0 Å². The van der Waals surface area contributed by atoms with Crippen LogP contribution in [0.4, 0.5) is 13.2 Å². The van der Waals surface area contributed by atoms with Gasteiger partial charge in [-0.2, -0.15) is 17.5 Å². The fourth-order valence-electron chi connectivity index (χ4n) is 1.83. The molecule has 0 radical (unpaired) electrons. The molecule has 0 saturated carbocycles. The van der Waals surface area contributed by atoms with E-state index in [1.807, 2.05) is 0 Å². The minimum atomic E-state index is -4.70. The molecule has 10 heteroatoms. The topological polar surface area (TPSA) is 63.4 Å². The first-order valence-corrected chi connectivity index (χ1v) is 8.49. The number of benzene rings is 1. The van der Waals surface area contributed by atoms with E-state index in [-0.39, 0.29) is 23.1 Å². The van der Waals surface area contributed by atoms with Crippen molar-refractivity contribution >= 4 is 38.8 Å². The molecule has 0 fully saturated rings. The van der Waals surface area contributed by atoms with E-state index >= 15 is 0 Å². The molecular formula is C12H14ClF3N2O2S2. The maximum absolute atomic E-state index is 13.0. The number of alkyl halides is 3. The molecule has 0 aliphatic heterocycles. The molecule has 1 rings (SSSR count). The Hall–Kier alpha value is -0.900. The smallest absolute Gasteiger partial charge is 0.392 e. The van der Waals surface area contributed by atoms with Crippen molar-refractivity contribution in [1.29, 1.82) is 0 Å². The Morgan fingerprint density at radius 2 is 2.00 bits per heavy atom. The molecule has 0 aromatic heterocycles. The first kappa shape index (κ1) is 19.1. The normalized spacial score (nSPS) is 12.6. The van der Waals surface area contributed by atoms with Gasteiger partial charge in [-0.15, -0.1) is 0 Å². The van der Waals surface area contributed by atoms with Crippen LogP contribution in [0.25, 0.3) is 0 Å². The number of rotatable bonds is 6. The fourth-order valence-corrected chi connectivity index (χ4v) is 3.97. The summed E-state index contributed by atoms with van der Waals surface area (Å²) < 4.78 is 64.4. The maximum atomic E-state index is 13.0. The van der Waals surface area contributed by atoms with Crippen molar-refractivity contribution in [2.24, 2.45) is 5.73 Å². The number of likely N-dealkylation sites (N-methyl/N-ethyl adjacent to an activating group) is 1. The number of thiocarbonyl (C=S) groups is 1. The molecule has 0 spiro atoms. The third-order valence-electron chi connectivity index (χ3n) is 2.83. The summed E-state index contributed by atoms with van der Waals surface area (Å²) >= 11 is 10.4. The molecular weight excluding hydrogens is 361 g/mol. The Morgan fingerprint density at radius 3 is 2.45 bits per heavy atom. The summed E-state index contributed by atoms with van der Waals surface area (Å²) in [5.74, 6) is -0.877. The highest BCUT2D eigenvalue weighted by Crippen LogP contribution is 2.36. The van der Waals surface area contributed by atoms with Gasteiger partial charge in [-0.25, -0.2) is 8.42 Å². The molecule has 0 unspecified atom stereocenters. The van der Waals surface area contributed by atoms with Gasteiger partial charge in [0.15, 0.2) is 0 Å². The predicted molar refractivity (Wildman–Crippen MR) is 83.1 cm³/mol. The predicted octanol–water partition coefficient (Wildman–Crippen LogP) is 2.80. The molecule has 1 aromatic rings. The monoisotopic (exact) mass is 374 g/mol. The Kier molecular flexibility index (Phi) is 6.19. The maximum Gasteiger partial charge on any atom is 0.416 e. The van der Waals surface area contributed by atoms with Gasteiger partial charge in [-0.05, 0) is 17.7 Å². The van der Waals surface area contributed by atoms with E-state index in [2.05, 4.69) is 12.2 Å². The first-order valence-electron chi connectivity index (χ1n) is 6.09. The van der Waals surface area contributed by atoms with Crippen LogP contribution in [0, 0.1) is 0 Å². The highest BCUT2D eigenvalue weighted by molar-refractivity contribution is 7.88. The van der Waals surface area contributed by atoms with E-state index in [4.69, 9.17) is 17.3 Å². The zero-order chi connectivity index (χ0) is 17.1. The highest BCUT2D eigenvalue weighted by atomic mass is 35.5. The van der Waals surface area contributed by atoms with E-state index in [1.165, 1.54) is 13.0 Å². The van der Waals surface area contributed by atoms with E-state index in [9.17, 15) is 21.6 Å². The number of nitrogens with zero attached hydrogens (tertiary/aromatic N) is 1. The van der Waals surface area contributed by atoms with Gasteiger partial charge in [0, 0.05) is 11.6 Å². The second-order valence-corrected chi connectivity index (χ2v) is 7.31. The van der Waals surface area contributed by atoms with Crippen LogP contribution in [0.1, 0.15) is 18.1 Å². The highest BCUT2D eigenvalue weighted by Gasteiger charge is 2.36. The van der Waals surface area contributed by atoms with Crippen molar-refractivity contribution in [2.75, 3.05) is 13.1 Å². The molecule has 124 valence electrons. The van der Waals surface area contributed by atoms with Crippen molar-refractivity contribution in [1.82, 2.24) is 4.31 Å². The van der Waals surface area contributed by atoms with Gasteiger partial charge in [0.25, 0.3) is 0 Å². The zero-order valence-electron chi connectivity index (χ0n) is 11.5. The van der Waals surface area contributed by atoms with E-state index < -0.39 is 33.1 Å². The number of halogens is 4. The molecule has 0 saturated heterocycles. The summed E-state index contributed by atoms with van der Waals surface area (Å²) in [6, 6.07) is 3.12. The summed E-state index contributed by atoms with van der Waals surface area (Å²) in [5, 5.41) is -0.259. The average Bonchev–Trinajstić information content (AvgIpc) is 2.36. The summed E-state index contributed by atoms with van der Waals surface area (Å²) in [6.07, 6.45) is -4.70. The van der Waals surface area contributed by atoms with Crippen LogP contribution < -0.4 is 5.73 Å². The average molecular weight is 375 g/mol. The Bertz CT molecular complexity index is 663. The second kappa shape index (κ2) is 7.12. The lowest BCUT2D eigenvalue weighted by Gasteiger charge is -2.21. The molecule has 0 aliphatic rings. The second-order valence-electron chi connectivity index (χ2n) is 4.41. The lowest BCUT2D eigenvalue weighted by Crippen LogP contribution is -2.38. The molecule has 4 nitrogen and oxygen atoms in total. The van der Waals surface area contributed by atoms with Crippen molar-refractivity contribution in [3.05, 3.63) is 34.3 Å². The standard InChI is InChI=1S/C12H14ClF3N2O2S2/c1-2-18(6-11(17)21)22(19,20)7-8-9(12(14,15)16)4-3-5-10(8)13/h3-5H,2,6-7H2,1H3,(H2,17,21). The van der Waals surface area contributed by atoms with E-state index in [0.717, 1.165) is 16.4 Å². The minimum Gasteiger partial charge on any atom is -0.392 e. The molecule has 22 heavy (non-hydrogen) atoms. The van der Waals surface area contributed by atoms with Crippen LogP contribution in [0.3, 0.4) is 0 Å². The largest absolute Gasteiger partial charge is 0.416 e. The van der Waals surface area contributed by atoms with Crippen molar-refractivity contribution in [3.63, 3.8) is 0 Å². The SMILES string of the molecule is CCN(CC(N)=S)S(=O)(=O)Cc1c(Cl)cccc1C(F)(F)F. The van der Waals surface area contributed by atoms with Crippen LogP contribution in [0.2, 0.25) is 5.02 Å². The quantitative estimate of drug-likeness (QED) is 0.778. The van der Waals surface area contributed by atoms with E-state index in [0.29, 0.717) is 0 Å². The Balaban J connectivity index is 3.26. The molecule has 1 aromatic carbocycles. The molecule has 0 atom stereocenters. The summed E-state index contributed by atoms with van der Waals surface area (Å²) in [5.41, 5.74) is 3.75. The van der Waals surface area contributed by atoms with Gasteiger partial charge < -0.3 is 5.73 Å². The Morgan fingerprint density at radius 1 is 1.41 bits per heavy atom. The fraction of sp³-hybridized carbons (Fsp3) is 0.417. The van der Waals surface area contributed by atoms with Crippen LogP contribution in [-0.4, -0.2) is 30.8 Å². The summed E-state index contributed by atoms with van der Waals surface area (Å²) in [6.45, 7) is 1.33. The van der Waals surface area contributed by atoms with E-state index in [1.54, 1.807) is 0 Å². The van der Waals surface area contributed by atoms with Crippen LogP contribution in [-0.2, 0) is 22.0 Å². The third-order valence-corrected chi connectivity index (χ3v) is 5.14. The van der Waals surface area contributed by atoms with Gasteiger partial charge >= 0.3 is 6.18 Å². The van der Waals surface area contributed by atoms with Crippen LogP contribution in [0.5, 0.6) is 0 Å². The van der Waals surface area contributed by atoms with Gasteiger partial charge in [0.2, 0.25) is 10.0 Å². The number of hydrogen-bond donors (Lipinski definition) is 1. The lowest BCUT2D eigenvalue weighted by molar-refractivity contribution is -0.138. The van der Waals surface area contributed by atoms with Gasteiger partial charge in [0.05, 0.1) is 22.8 Å². The minimum absolute atomic E-state index is 0.0332. The molecule has 0 bridgehead atoms. The Labute approximate surface area is 137 Å². The number of sulfonamides is 1. The first-order chi connectivity index (χ1) is 9.99. The summed E-state index contributed by atoms with van der Waals surface area (Å²) in [7, 11) is -4.04. The van der Waals surface area contributed by atoms with Crippen molar-refractivity contribution < 1.29 is 21.6 Å². The van der Waals surface area contributed by atoms with Crippen LogP contribution in [0.15, 0.2) is 18.2 Å². The third kappa shape index (κ3) is 4.80. The van der Waals surface area contributed by atoms with Crippen molar-refractivity contribution in [3.8, 4) is 0 Å². The lowest BCUT2D eigenvalue weighted by atomic mass is 10.1. The molecule has 0 amide bonds.